The van der Waals surface area contributed by atoms with Crippen LogP contribution < -0.4 is 5.32 Å². The normalized spacial score (nSPS) is 16.7. The molecule has 0 saturated heterocycles. The number of carboxylic acid groups (broad SMARTS) is 3. The van der Waals surface area contributed by atoms with Crippen LogP contribution in [0.15, 0.2) is 23.3 Å². The Bertz CT molecular complexity index is 786. The molecule has 1 amide bonds. The molecule has 206 valence electrons. The molecule has 0 rings (SSSR count). The minimum atomic E-state index is -1.23. The van der Waals surface area contributed by atoms with Crippen LogP contribution in [-0.2, 0) is 19.2 Å². The summed E-state index contributed by atoms with van der Waals surface area (Å²) < 4.78 is 0. The lowest BCUT2D eigenvalue weighted by Crippen LogP contribution is -2.41. The Morgan fingerprint density at radius 2 is 1.28 bits per heavy atom. The van der Waals surface area contributed by atoms with Crippen molar-refractivity contribution in [2.75, 3.05) is 0 Å². The van der Waals surface area contributed by atoms with Gasteiger partial charge in [0.2, 0.25) is 5.91 Å². The highest BCUT2D eigenvalue weighted by atomic mass is 16.4. The summed E-state index contributed by atoms with van der Waals surface area (Å²) in [5.41, 5.74) is 0.879. The fourth-order valence-electron chi connectivity index (χ4n) is 4.78. The van der Waals surface area contributed by atoms with Crippen LogP contribution in [0.4, 0.5) is 0 Å². The van der Waals surface area contributed by atoms with Crippen LogP contribution in [-0.4, -0.2) is 45.2 Å². The molecule has 0 aliphatic heterocycles. The van der Waals surface area contributed by atoms with Crippen LogP contribution in [0.5, 0.6) is 0 Å². The first-order valence-corrected chi connectivity index (χ1v) is 13.0. The predicted octanol–water partition coefficient (Wildman–Crippen LogP) is 5.53. The van der Waals surface area contributed by atoms with E-state index < -0.39 is 48.6 Å². The first-order valence-electron chi connectivity index (χ1n) is 13.0. The topological polar surface area (TPSA) is 141 Å². The largest absolute Gasteiger partial charge is 0.481 e. The van der Waals surface area contributed by atoms with E-state index in [1.54, 1.807) is 6.08 Å². The van der Waals surface area contributed by atoms with Gasteiger partial charge in [-0.15, -0.1) is 0 Å². The van der Waals surface area contributed by atoms with Crippen molar-refractivity contribution < 1.29 is 34.5 Å². The molecular weight excluding hydrogens is 462 g/mol. The molecule has 0 aliphatic rings. The number of aliphatic carboxylic acids is 3. The molecule has 4 N–H and O–H groups in total. The molecule has 0 fully saturated rings. The maximum Gasteiger partial charge on any atom is 0.331 e. The Morgan fingerprint density at radius 3 is 1.75 bits per heavy atom. The van der Waals surface area contributed by atoms with Gasteiger partial charge >= 0.3 is 17.9 Å². The third kappa shape index (κ3) is 15.4. The van der Waals surface area contributed by atoms with E-state index in [9.17, 15) is 24.3 Å². The minimum absolute atomic E-state index is 0.0584. The summed E-state index contributed by atoms with van der Waals surface area (Å²) in [5, 5.41) is 30.0. The fraction of sp³-hybridized carbons (Fsp3) is 0.714. The van der Waals surface area contributed by atoms with E-state index >= 15 is 0 Å². The second-order valence-electron chi connectivity index (χ2n) is 10.8. The van der Waals surface area contributed by atoms with Gasteiger partial charge in [0.05, 0.1) is 12.8 Å². The van der Waals surface area contributed by atoms with E-state index in [4.69, 9.17) is 10.2 Å². The van der Waals surface area contributed by atoms with Crippen LogP contribution in [0.1, 0.15) is 93.4 Å². The zero-order valence-electron chi connectivity index (χ0n) is 23.0. The second-order valence-corrected chi connectivity index (χ2v) is 10.8. The first kappa shape index (κ1) is 33.4. The average molecular weight is 510 g/mol. The van der Waals surface area contributed by atoms with E-state index in [2.05, 4.69) is 46.0 Å². The average Bonchev–Trinajstić information content (AvgIpc) is 2.71. The number of rotatable bonds is 18. The van der Waals surface area contributed by atoms with Crippen molar-refractivity contribution in [3.05, 3.63) is 23.3 Å². The summed E-state index contributed by atoms with van der Waals surface area (Å²) in [6.07, 6.45) is 7.11. The summed E-state index contributed by atoms with van der Waals surface area (Å²) in [4.78, 5) is 46.2. The molecule has 0 heterocycles. The summed E-state index contributed by atoms with van der Waals surface area (Å²) in [7, 11) is 0. The van der Waals surface area contributed by atoms with Gasteiger partial charge in [-0.05, 0) is 62.4 Å². The van der Waals surface area contributed by atoms with Gasteiger partial charge in [-0.25, -0.2) is 4.79 Å². The molecule has 8 heteroatoms. The molecule has 36 heavy (non-hydrogen) atoms. The Hall–Kier alpha value is -2.64. The highest BCUT2D eigenvalue weighted by Crippen LogP contribution is 2.26. The second kappa shape index (κ2) is 16.9. The van der Waals surface area contributed by atoms with Crippen molar-refractivity contribution >= 4 is 23.8 Å². The van der Waals surface area contributed by atoms with Gasteiger partial charge in [0, 0.05) is 17.5 Å². The van der Waals surface area contributed by atoms with Crippen LogP contribution in [0.25, 0.3) is 0 Å². The van der Waals surface area contributed by atoms with Crippen molar-refractivity contribution in [2.45, 2.75) is 99.5 Å². The number of hydrogen-bond donors (Lipinski definition) is 4. The lowest BCUT2D eigenvalue weighted by atomic mass is 9.84. The standard InChI is InChI=1S/C28H47NO7/c1-8-17(2)9-18(3)10-19(4)11-20(5)12-21(6)13-23(28(35)36)14-22(7)27(34)29-24(15-25(30)31)16-26(32)33/h12-13,17-20,22,24H,8-11,14-16H2,1-7H3,(H,29,34)(H,30,31)(H,32,33)(H,35,36)/b21-12+,23-13-/t17?,18?,19?,20?,22-/m0/s1. The Balaban J connectivity index is 5.15. The molecule has 8 nitrogen and oxygen atoms in total. The highest BCUT2D eigenvalue weighted by molar-refractivity contribution is 5.89. The van der Waals surface area contributed by atoms with Gasteiger partial charge in [-0.3, -0.25) is 14.4 Å². The fourth-order valence-corrected chi connectivity index (χ4v) is 4.78. The number of carbonyl (C=O) groups excluding carboxylic acids is 1. The molecule has 4 unspecified atom stereocenters. The van der Waals surface area contributed by atoms with Crippen molar-refractivity contribution in [3.8, 4) is 0 Å². The molecule has 0 aromatic carbocycles. The first-order chi connectivity index (χ1) is 16.6. The number of carboxylic acids is 3. The summed E-state index contributed by atoms with van der Waals surface area (Å²) in [6, 6.07) is -1.07. The molecule has 0 radical (unpaired) electrons. The number of allylic oxidation sites excluding steroid dienone is 3. The lowest BCUT2D eigenvalue weighted by molar-refractivity contribution is -0.140. The maximum absolute atomic E-state index is 12.5. The number of nitrogens with one attached hydrogen (secondary N) is 1. The smallest absolute Gasteiger partial charge is 0.331 e. The number of hydrogen-bond acceptors (Lipinski definition) is 4. The van der Waals surface area contributed by atoms with E-state index in [0.717, 1.165) is 24.3 Å². The molecule has 0 aromatic heterocycles. The Kier molecular flexibility index (Phi) is 15.7. The molecule has 0 spiro atoms. The van der Waals surface area contributed by atoms with E-state index in [1.165, 1.54) is 19.8 Å². The maximum atomic E-state index is 12.5. The molecule has 0 aromatic rings. The number of carbonyl (C=O) groups is 4. The molecule has 5 atom stereocenters. The zero-order valence-corrected chi connectivity index (χ0v) is 23.0. The van der Waals surface area contributed by atoms with Gasteiger partial charge in [0.25, 0.3) is 0 Å². The molecule has 0 bridgehead atoms. The SMILES string of the molecule is CCC(C)CC(C)CC(C)CC(C)/C=C(C)/C=C(/C[C@H](C)C(=O)NC(CC(=O)O)CC(=O)O)C(=O)O. The Morgan fingerprint density at radius 1 is 0.778 bits per heavy atom. The van der Waals surface area contributed by atoms with Crippen LogP contribution in [0.2, 0.25) is 0 Å². The lowest BCUT2D eigenvalue weighted by Gasteiger charge is -2.21. The monoisotopic (exact) mass is 509 g/mol. The minimum Gasteiger partial charge on any atom is -0.481 e. The Labute approximate surface area is 216 Å². The molecular formula is C28H47NO7. The van der Waals surface area contributed by atoms with Gasteiger partial charge in [0.1, 0.15) is 0 Å². The third-order valence-electron chi connectivity index (χ3n) is 6.47. The van der Waals surface area contributed by atoms with Crippen LogP contribution in [0.3, 0.4) is 0 Å². The van der Waals surface area contributed by atoms with Crippen molar-refractivity contribution in [2.24, 2.45) is 29.6 Å². The van der Waals surface area contributed by atoms with E-state index in [1.807, 2.05) is 6.92 Å². The van der Waals surface area contributed by atoms with Gasteiger partial charge in [-0.1, -0.05) is 59.6 Å². The highest BCUT2D eigenvalue weighted by Gasteiger charge is 2.24. The van der Waals surface area contributed by atoms with Gasteiger partial charge in [-0.2, -0.15) is 0 Å². The molecule has 0 saturated carbocycles. The summed E-state index contributed by atoms with van der Waals surface area (Å²) in [5.74, 6) is -2.70. The third-order valence-corrected chi connectivity index (χ3v) is 6.47. The number of amides is 1. The van der Waals surface area contributed by atoms with E-state index in [0.29, 0.717) is 11.8 Å². The van der Waals surface area contributed by atoms with Gasteiger partial charge < -0.3 is 20.6 Å². The van der Waals surface area contributed by atoms with Crippen LogP contribution in [0, 0.1) is 29.6 Å². The summed E-state index contributed by atoms with van der Waals surface area (Å²) in [6.45, 7) is 14.6. The molecule has 0 aliphatic carbocycles. The van der Waals surface area contributed by atoms with Gasteiger partial charge in [0.15, 0.2) is 0 Å². The van der Waals surface area contributed by atoms with E-state index in [-0.39, 0.29) is 17.9 Å². The van der Waals surface area contributed by atoms with Crippen molar-refractivity contribution in [3.63, 3.8) is 0 Å². The quantitative estimate of drug-likeness (QED) is 0.141. The predicted molar refractivity (Wildman–Crippen MR) is 140 cm³/mol. The van der Waals surface area contributed by atoms with Crippen LogP contribution >= 0.6 is 0 Å². The summed E-state index contributed by atoms with van der Waals surface area (Å²) >= 11 is 0. The van der Waals surface area contributed by atoms with Crippen molar-refractivity contribution in [1.29, 1.82) is 0 Å². The zero-order chi connectivity index (χ0) is 28.0. The van der Waals surface area contributed by atoms with Crippen molar-refractivity contribution in [1.82, 2.24) is 5.32 Å².